The van der Waals surface area contributed by atoms with Crippen molar-refractivity contribution < 1.29 is 4.74 Å². The van der Waals surface area contributed by atoms with Crippen molar-refractivity contribution in [2.45, 2.75) is 72.0 Å². The van der Waals surface area contributed by atoms with Crippen LogP contribution in [0.25, 0.3) is 0 Å². The highest BCUT2D eigenvalue weighted by Gasteiger charge is 2.34. The van der Waals surface area contributed by atoms with E-state index in [1.54, 1.807) is 7.11 Å². The molecule has 1 saturated heterocycles. The molecule has 1 heterocycles. The van der Waals surface area contributed by atoms with E-state index < -0.39 is 0 Å². The van der Waals surface area contributed by atoms with Gasteiger partial charge >= 0.3 is 0 Å². The highest BCUT2D eigenvalue weighted by Crippen LogP contribution is 2.37. The average Bonchev–Trinajstić information content (AvgIpc) is 2.82. The van der Waals surface area contributed by atoms with Crippen LogP contribution in [0.3, 0.4) is 0 Å². The van der Waals surface area contributed by atoms with Crippen molar-refractivity contribution in [2.75, 3.05) is 7.11 Å². The first-order valence-electron chi connectivity index (χ1n) is 7.92. The van der Waals surface area contributed by atoms with E-state index in [1.165, 1.54) is 36.0 Å². The number of nitrogens with zero attached hydrogens (tertiary/aromatic N) is 1. The van der Waals surface area contributed by atoms with Crippen LogP contribution in [0.2, 0.25) is 0 Å². The molecule has 1 fully saturated rings. The molecule has 2 heteroatoms. The molecule has 0 aromatic heterocycles. The van der Waals surface area contributed by atoms with E-state index >= 15 is 0 Å². The zero-order chi connectivity index (χ0) is 14.9. The van der Waals surface area contributed by atoms with Gasteiger partial charge in [-0.05, 0) is 69.7 Å². The minimum atomic E-state index is 0.488. The van der Waals surface area contributed by atoms with Crippen molar-refractivity contribution in [1.29, 1.82) is 0 Å². The summed E-state index contributed by atoms with van der Waals surface area (Å²) in [5.74, 6) is 1.000. The number of rotatable bonds is 4. The fraction of sp³-hybridized carbons (Fsp3) is 0.667. The van der Waals surface area contributed by atoms with E-state index in [9.17, 15) is 0 Å². The van der Waals surface area contributed by atoms with Crippen LogP contribution >= 0.6 is 0 Å². The number of benzene rings is 1. The molecule has 0 spiro atoms. The van der Waals surface area contributed by atoms with Crippen molar-refractivity contribution >= 4 is 0 Å². The Morgan fingerprint density at radius 2 is 1.95 bits per heavy atom. The van der Waals surface area contributed by atoms with E-state index in [0.717, 1.165) is 11.8 Å². The number of hydrogen-bond acceptors (Lipinski definition) is 2. The topological polar surface area (TPSA) is 12.5 Å². The van der Waals surface area contributed by atoms with Crippen molar-refractivity contribution in [3.63, 3.8) is 0 Å². The number of hydrogen-bond donors (Lipinski definition) is 0. The normalized spacial score (nSPS) is 24.9. The van der Waals surface area contributed by atoms with Crippen LogP contribution in [0, 0.1) is 13.8 Å². The Bertz CT molecular complexity index is 469. The molecule has 0 N–H and O–H groups in total. The third kappa shape index (κ3) is 2.58. The predicted molar refractivity (Wildman–Crippen MR) is 85.5 cm³/mol. The van der Waals surface area contributed by atoms with E-state index in [-0.39, 0.29) is 0 Å². The van der Waals surface area contributed by atoms with Gasteiger partial charge in [0.2, 0.25) is 0 Å². The van der Waals surface area contributed by atoms with Crippen molar-refractivity contribution in [3.8, 4) is 5.75 Å². The fourth-order valence-electron chi connectivity index (χ4n) is 3.86. The van der Waals surface area contributed by atoms with Crippen molar-refractivity contribution in [3.05, 3.63) is 28.8 Å². The molecular weight excluding hydrogens is 246 g/mol. The summed E-state index contributed by atoms with van der Waals surface area (Å²) in [6.07, 6.45) is 3.93. The van der Waals surface area contributed by atoms with Gasteiger partial charge in [0.1, 0.15) is 5.75 Å². The molecule has 0 saturated carbocycles. The van der Waals surface area contributed by atoms with Crippen LogP contribution in [0.1, 0.15) is 62.8 Å². The first-order chi connectivity index (χ1) is 9.51. The summed E-state index contributed by atoms with van der Waals surface area (Å²) in [7, 11) is 1.75. The van der Waals surface area contributed by atoms with Crippen LogP contribution in [0.15, 0.2) is 12.1 Å². The zero-order valence-electron chi connectivity index (χ0n) is 13.9. The minimum absolute atomic E-state index is 0.488. The van der Waals surface area contributed by atoms with E-state index in [0.29, 0.717) is 12.1 Å². The lowest BCUT2D eigenvalue weighted by atomic mass is 9.95. The van der Waals surface area contributed by atoms with Gasteiger partial charge in [-0.15, -0.1) is 0 Å². The van der Waals surface area contributed by atoms with Gasteiger partial charge < -0.3 is 4.74 Å². The minimum Gasteiger partial charge on any atom is -0.496 e. The lowest BCUT2D eigenvalue weighted by Gasteiger charge is -2.35. The van der Waals surface area contributed by atoms with Crippen LogP contribution in [0.5, 0.6) is 5.75 Å². The molecular formula is C18H29NO. The van der Waals surface area contributed by atoms with Crippen LogP contribution < -0.4 is 4.74 Å². The van der Waals surface area contributed by atoms with Crippen LogP contribution in [-0.2, 0) is 0 Å². The number of methoxy groups -OCH3 is 1. The Hall–Kier alpha value is -1.02. The van der Waals surface area contributed by atoms with E-state index in [2.05, 4.69) is 51.7 Å². The molecule has 2 nitrogen and oxygen atoms in total. The summed E-state index contributed by atoms with van der Waals surface area (Å²) in [4.78, 5) is 2.72. The summed E-state index contributed by atoms with van der Waals surface area (Å²) in [6.45, 7) is 11.4. The Labute approximate surface area is 124 Å². The third-order valence-corrected chi connectivity index (χ3v) is 5.22. The largest absolute Gasteiger partial charge is 0.496 e. The van der Waals surface area contributed by atoms with Gasteiger partial charge in [0.05, 0.1) is 7.11 Å². The van der Waals surface area contributed by atoms with Crippen LogP contribution in [0.4, 0.5) is 0 Å². The second-order valence-electron chi connectivity index (χ2n) is 6.22. The van der Waals surface area contributed by atoms with Gasteiger partial charge in [0.25, 0.3) is 0 Å². The molecule has 2 rings (SSSR count). The van der Waals surface area contributed by atoms with Crippen molar-refractivity contribution in [2.24, 2.45) is 0 Å². The molecule has 20 heavy (non-hydrogen) atoms. The Morgan fingerprint density at radius 1 is 1.25 bits per heavy atom. The Kier molecular flexibility index (Phi) is 4.74. The lowest BCUT2D eigenvalue weighted by molar-refractivity contribution is 0.143. The zero-order valence-corrected chi connectivity index (χ0v) is 13.9. The SMILES string of the molecule is CCC1CCC(C)N1C(C)c1ccc(OC)c(C)c1C. The highest BCUT2D eigenvalue weighted by molar-refractivity contribution is 5.44. The highest BCUT2D eigenvalue weighted by atomic mass is 16.5. The molecule has 3 atom stereocenters. The van der Waals surface area contributed by atoms with Crippen molar-refractivity contribution in [1.82, 2.24) is 4.90 Å². The standard InChI is InChI=1S/C18H29NO/c1-7-16-9-8-12(2)19(16)15(5)17-10-11-18(20-6)14(4)13(17)3/h10-12,15-16H,7-9H2,1-6H3. The maximum absolute atomic E-state index is 5.44. The smallest absolute Gasteiger partial charge is 0.122 e. The number of ether oxygens (including phenoxy) is 1. The lowest BCUT2D eigenvalue weighted by Crippen LogP contribution is -2.36. The molecule has 3 unspecified atom stereocenters. The quantitative estimate of drug-likeness (QED) is 0.794. The molecule has 0 aliphatic carbocycles. The predicted octanol–water partition coefficient (Wildman–Crippen LogP) is 4.64. The second kappa shape index (κ2) is 6.17. The monoisotopic (exact) mass is 275 g/mol. The molecule has 0 amide bonds. The summed E-state index contributed by atoms with van der Waals surface area (Å²) < 4.78 is 5.44. The Morgan fingerprint density at radius 3 is 2.55 bits per heavy atom. The van der Waals surface area contributed by atoms with Gasteiger partial charge in [0, 0.05) is 18.1 Å². The third-order valence-electron chi connectivity index (χ3n) is 5.22. The molecule has 0 bridgehead atoms. The summed E-state index contributed by atoms with van der Waals surface area (Å²) >= 11 is 0. The fourth-order valence-corrected chi connectivity index (χ4v) is 3.86. The van der Waals surface area contributed by atoms with Gasteiger partial charge in [-0.1, -0.05) is 13.0 Å². The Balaban J connectivity index is 2.33. The van der Waals surface area contributed by atoms with Gasteiger partial charge in [-0.25, -0.2) is 0 Å². The van der Waals surface area contributed by atoms with E-state index in [1.807, 2.05) is 0 Å². The van der Waals surface area contributed by atoms with Gasteiger partial charge in [-0.3, -0.25) is 4.90 Å². The summed E-state index contributed by atoms with van der Waals surface area (Å²) in [5, 5.41) is 0. The maximum Gasteiger partial charge on any atom is 0.122 e. The molecule has 0 radical (unpaired) electrons. The second-order valence-corrected chi connectivity index (χ2v) is 6.22. The van der Waals surface area contributed by atoms with Crippen LogP contribution in [-0.4, -0.2) is 24.1 Å². The van der Waals surface area contributed by atoms with Gasteiger partial charge in [0.15, 0.2) is 0 Å². The summed E-state index contributed by atoms with van der Waals surface area (Å²) in [6, 6.07) is 6.29. The first kappa shape index (κ1) is 15.4. The summed E-state index contributed by atoms with van der Waals surface area (Å²) in [5.41, 5.74) is 4.11. The maximum atomic E-state index is 5.44. The first-order valence-corrected chi connectivity index (χ1v) is 7.92. The molecule has 1 aliphatic rings. The average molecular weight is 275 g/mol. The van der Waals surface area contributed by atoms with Gasteiger partial charge in [-0.2, -0.15) is 0 Å². The molecule has 1 aromatic carbocycles. The molecule has 1 aromatic rings. The molecule has 112 valence electrons. The number of likely N-dealkylation sites (tertiary alicyclic amines) is 1. The molecule has 1 aliphatic heterocycles. The van der Waals surface area contributed by atoms with E-state index in [4.69, 9.17) is 4.74 Å².